The third-order valence-electron chi connectivity index (χ3n) is 5.39. The van der Waals surface area contributed by atoms with E-state index >= 15 is 0 Å². The van der Waals surface area contributed by atoms with Gasteiger partial charge in [0.15, 0.2) is 5.11 Å². The molecule has 0 amide bonds. The Hall–Kier alpha value is -1.18. The van der Waals surface area contributed by atoms with Crippen molar-refractivity contribution < 1.29 is 8.42 Å². The number of benzene rings is 1. The van der Waals surface area contributed by atoms with Crippen molar-refractivity contribution in [1.29, 1.82) is 0 Å². The fraction of sp³-hybridized carbons (Fsp3) is 0.611. The lowest BCUT2D eigenvalue weighted by molar-refractivity contribution is 0.264. The molecule has 0 atom stereocenters. The molecule has 1 aliphatic heterocycles. The molecule has 1 aromatic rings. The van der Waals surface area contributed by atoms with Gasteiger partial charge >= 0.3 is 0 Å². The Morgan fingerprint density at radius 2 is 1.72 bits per heavy atom. The molecule has 1 N–H and O–H groups in total. The first-order chi connectivity index (χ1) is 12.0. The van der Waals surface area contributed by atoms with Crippen LogP contribution >= 0.6 is 12.2 Å². The van der Waals surface area contributed by atoms with Crippen LogP contribution in [0.4, 0.5) is 0 Å². The van der Waals surface area contributed by atoms with E-state index in [4.69, 9.17) is 12.2 Å². The van der Waals surface area contributed by atoms with Crippen LogP contribution in [-0.4, -0.2) is 55.0 Å². The molecular formula is C18H25N3O2S2. The minimum atomic E-state index is -3.41. The highest BCUT2D eigenvalue weighted by molar-refractivity contribution is 7.89. The van der Waals surface area contributed by atoms with Gasteiger partial charge in [-0.3, -0.25) is 0 Å². The molecule has 1 saturated heterocycles. The molecule has 3 aliphatic rings. The largest absolute Gasteiger partial charge is 0.360 e. The van der Waals surface area contributed by atoms with Crippen molar-refractivity contribution >= 4 is 27.4 Å². The fourth-order valence-electron chi connectivity index (χ4n) is 3.64. The Labute approximate surface area is 155 Å². The van der Waals surface area contributed by atoms with E-state index in [2.05, 4.69) is 10.2 Å². The molecule has 0 unspecified atom stereocenters. The van der Waals surface area contributed by atoms with Crippen molar-refractivity contribution in [1.82, 2.24) is 14.5 Å². The first-order valence-electron chi connectivity index (χ1n) is 9.21. The topological polar surface area (TPSA) is 52.7 Å². The van der Waals surface area contributed by atoms with Crippen molar-refractivity contribution in [2.75, 3.05) is 26.2 Å². The maximum absolute atomic E-state index is 13.0. The number of fused-ring (bicyclic) bond motifs is 1. The zero-order valence-corrected chi connectivity index (χ0v) is 16.0. The summed E-state index contributed by atoms with van der Waals surface area (Å²) in [5, 5.41) is 4.10. The summed E-state index contributed by atoms with van der Waals surface area (Å²) in [5.41, 5.74) is 2.52. The smallest absolute Gasteiger partial charge is 0.243 e. The minimum Gasteiger partial charge on any atom is -0.360 e. The van der Waals surface area contributed by atoms with Crippen LogP contribution in [0.2, 0.25) is 0 Å². The first kappa shape index (κ1) is 17.2. The van der Waals surface area contributed by atoms with Gasteiger partial charge in [-0.05, 0) is 74.0 Å². The van der Waals surface area contributed by atoms with Gasteiger partial charge in [-0.25, -0.2) is 8.42 Å². The lowest BCUT2D eigenvalue weighted by Crippen LogP contribution is -2.53. The highest BCUT2D eigenvalue weighted by Gasteiger charge is 2.31. The number of piperazine rings is 1. The number of aryl methyl sites for hydroxylation is 2. The van der Waals surface area contributed by atoms with E-state index in [0.29, 0.717) is 37.1 Å². The number of nitrogens with one attached hydrogen (secondary N) is 1. The molecular weight excluding hydrogens is 354 g/mol. The van der Waals surface area contributed by atoms with Crippen LogP contribution in [0, 0.1) is 0 Å². The summed E-state index contributed by atoms with van der Waals surface area (Å²) < 4.78 is 27.6. The Balaban J connectivity index is 1.43. The Morgan fingerprint density at radius 3 is 2.40 bits per heavy atom. The molecule has 0 aromatic heterocycles. The van der Waals surface area contributed by atoms with Crippen LogP contribution in [0.3, 0.4) is 0 Å². The van der Waals surface area contributed by atoms with Crippen molar-refractivity contribution in [2.24, 2.45) is 0 Å². The van der Waals surface area contributed by atoms with Crippen LogP contribution in [0.15, 0.2) is 23.1 Å². The third kappa shape index (κ3) is 3.68. The van der Waals surface area contributed by atoms with Gasteiger partial charge in [0.1, 0.15) is 0 Å². The van der Waals surface area contributed by atoms with E-state index in [-0.39, 0.29) is 0 Å². The molecule has 5 nitrogen and oxygen atoms in total. The normalized spacial score (nSPS) is 21.7. The predicted molar refractivity (Wildman–Crippen MR) is 102 cm³/mol. The highest BCUT2D eigenvalue weighted by atomic mass is 32.2. The summed E-state index contributed by atoms with van der Waals surface area (Å²) >= 11 is 5.43. The fourth-order valence-corrected chi connectivity index (χ4v) is 5.47. The Bertz CT molecular complexity index is 767. The van der Waals surface area contributed by atoms with Crippen molar-refractivity contribution in [3.05, 3.63) is 29.3 Å². The van der Waals surface area contributed by atoms with Crippen molar-refractivity contribution in [3.63, 3.8) is 0 Å². The van der Waals surface area contributed by atoms with Gasteiger partial charge in [0.2, 0.25) is 10.0 Å². The number of hydrogen-bond donors (Lipinski definition) is 1. The zero-order valence-electron chi connectivity index (χ0n) is 14.4. The van der Waals surface area contributed by atoms with Crippen LogP contribution in [0.1, 0.15) is 36.8 Å². The molecule has 0 spiro atoms. The number of sulfonamides is 1. The van der Waals surface area contributed by atoms with E-state index in [1.54, 1.807) is 10.4 Å². The van der Waals surface area contributed by atoms with Crippen molar-refractivity contribution in [2.45, 2.75) is 49.5 Å². The molecule has 2 fully saturated rings. The summed E-state index contributed by atoms with van der Waals surface area (Å²) in [7, 11) is -3.41. The van der Waals surface area contributed by atoms with Gasteiger partial charge in [0, 0.05) is 32.2 Å². The average molecular weight is 380 g/mol. The molecule has 7 heteroatoms. The third-order valence-corrected chi connectivity index (χ3v) is 7.66. The molecule has 1 aromatic carbocycles. The van der Waals surface area contributed by atoms with E-state index in [1.165, 1.54) is 30.4 Å². The second-order valence-corrected chi connectivity index (χ2v) is 9.58. The number of thiocarbonyl (C=S) groups is 1. The van der Waals surface area contributed by atoms with Crippen molar-refractivity contribution in [3.8, 4) is 0 Å². The lowest BCUT2D eigenvalue weighted by Gasteiger charge is -2.35. The lowest BCUT2D eigenvalue weighted by atomic mass is 9.92. The monoisotopic (exact) mass is 379 g/mol. The molecule has 1 saturated carbocycles. The maximum atomic E-state index is 13.0. The number of nitrogens with zero attached hydrogens (tertiary/aromatic N) is 2. The van der Waals surface area contributed by atoms with Crippen LogP contribution in [-0.2, 0) is 22.9 Å². The molecule has 25 heavy (non-hydrogen) atoms. The summed E-state index contributed by atoms with van der Waals surface area (Å²) in [5.74, 6) is 0. The van der Waals surface area contributed by atoms with E-state index in [9.17, 15) is 8.42 Å². The summed E-state index contributed by atoms with van der Waals surface area (Å²) in [4.78, 5) is 2.53. The van der Waals surface area contributed by atoms with E-state index < -0.39 is 10.0 Å². The average Bonchev–Trinajstić information content (AvgIpc) is 3.45. The first-order valence-corrected chi connectivity index (χ1v) is 11.1. The SMILES string of the molecule is O=S(=O)(c1ccc2c(c1)CCCC2)N1CCN(C(=S)NC2CC2)CC1. The van der Waals surface area contributed by atoms with Crippen LogP contribution in [0.25, 0.3) is 0 Å². The predicted octanol–water partition coefficient (Wildman–Crippen LogP) is 1.91. The minimum absolute atomic E-state index is 0.445. The van der Waals surface area contributed by atoms with Gasteiger partial charge < -0.3 is 10.2 Å². The maximum Gasteiger partial charge on any atom is 0.243 e. The second-order valence-electron chi connectivity index (χ2n) is 7.25. The van der Waals surface area contributed by atoms with E-state index in [0.717, 1.165) is 24.4 Å². The molecule has 0 bridgehead atoms. The van der Waals surface area contributed by atoms with Gasteiger partial charge in [-0.2, -0.15) is 4.31 Å². The molecule has 4 rings (SSSR count). The van der Waals surface area contributed by atoms with E-state index in [1.807, 2.05) is 12.1 Å². The Morgan fingerprint density at radius 1 is 1.04 bits per heavy atom. The second kappa shape index (κ2) is 6.85. The number of rotatable bonds is 3. The van der Waals surface area contributed by atoms with Gasteiger partial charge in [-0.1, -0.05) is 6.07 Å². The number of hydrogen-bond acceptors (Lipinski definition) is 3. The highest BCUT2D eigenvalue weighted by Crippen LogP contribution is 2.26. The zero-order chi connectivity index (χ0) is 17.4. The molecule has 1 heterocycles. The molecule has 2 aliphatic carbocycles. The quantitative estimate of drug-likeness (QED) is 0.813. The molecule has 0 radical (unpaired) electrons. The van der Waals surface area contributed by atoms with Crippen LogP contribution in [0.5, 0.6) is 0 Å². The summed E-state index contributed by atoms with van der Waals surface area (Å²) in [6, 6.07) is 6.22. The van der Waals surface area contributed by atoms with Gasteiger partial charge in [0.05, 0.1) is 4.90 Å². The standard InChI is InChI=1S/C18H25N3O2S2/c22-25(23,17-8-5-14-3-1-2-4-15(14)13-17)21-11-9-20(10-12-21)18(24)19-16-6-7-16/h5,8,13,16H,1-4,6-7,9-12H2,(H,19,24). The van der Waals surface area contributed by atoms with Gasteiger partial charge in [0.25, 0.3) is 0 Å². The molecule has 136 valence electrons. The van der Waals surface area contributed by atoms with Crippen LogP contribution < -0.4 is 5.32 Å². The summed E-state index contributed by atoms with van der Waals surface area (Å²) in [6.45, 7) is 2.29. The van der Waals surface area contributed by atoms with Gasteiger partial charge in [-0.15, -0.1) is 0 Å². The Kier molecular flexibility index (Phi) is 4.73. The summed E-state index contributed by atoms with van der Waals surface area (Å²) in [6.07, 6.45) is 6.80.